The maximum Gasteiger partial charge on any atom is 0.228 e. The van der Waals surface area contributed by atoms with Crippen LogP contribution < -0.4 is 5.32 Å². The van der Waals surface area contributed by atoms with E-state index in [9.17, 15) is 4.79 Å². The summed E-state index contributed by atoms with van der Waals surface area (Å²) in [7, 11) is 0. The zero-order valence-corrected chi connectivity index (χ0v) is 17.9. The second kappa shape index (κ2) is 8.21. The number of imidazole rings is 1. The zero-order chi connectivity index (χ0) is 22.9. The van der Waals surface area contributed by atoms with Crippen molar-refractivity contribution < 1.29 is 4.79 Å². The summed E-state index contributed by atoms with van der Waals surface area (Å²) in [6, 6.07) is 17.1. The third-order valence-electron chi connectivity index (χ3n) is 5.44. The summed E-state index contributed by atoms with van der Waals surface area (Å²) in [4.78, 5) is 33.5. The third kappa shape index (κ3) is 3.75. The zero-order valence-electron chi connectivity index (χ0n) is 17.9. The SMILES string of the molecule is O=C(Cc1ccccc1)Nc1cncc(-c2ccc3[nH]nc(-c4nc5cnccc5[nH]4)c3n2)c1. The summed E-state index contributed by atoms with van der Waals surface area (Å²) in [5.41, 5.74) is 6.77. The number of hydrogen-bond acceptors (Lipinski definition) is 6. The fourth-order valence-electron chi connectivity index (χ4n) is 3.83. The molecule has 0 radical (unpaired) electrons. The van der Waals surface area contributed by atoms with Crippen molar-refractivity contribution in [1.82, 2.24) is 35.1 Å². The standard InChI is InChI=1S/C25H18N8O/c34-22(10-15-4-2-1-3-5-15)28-17-11-16(12-27-13-17)18-6-7-20-23(29-18)24(33-32-20)25-30-19-8-9-26-14-21(19)31-25/h1-9,11-14H,10H2,(H,28,34)(H,30,31)(H,32,33). The predicted octanol–water partition coefficient (Wildman–Crippen LogP) is 4.14. The van der Waals surface area contributed by atoms with Crippen molar-refractivity contribution >= 4 is 33.7 Å². The van der Waals surface area contributed by atoms with E-state index < -0.39 is 0 Å². The number of aromatic nitrogens is 7. The Balaban J connectivity index is 1.30. The van der Waals surface area contributed by atoms with Gasteiger partial charge < -0.3 is 10.3 Å². The van der Waals surface area contributed by atoms with Crippen LogP contribution in [0.2, 0.25) is 0 Å². The van der Waals surface area contributed by atoms with Crippen LogP contribution in [0.4, 0.5) is 5.69 Å². The molecular formula is C25H18N8O. The van der Waals surface area contributed by atoms with Crippen LogP contribution >= 0.6 is 0 Å². The van der Waals surface area contributed by atoms with E-state index in [-0.39, 0.29) is 5.91 Å². The molecule has 0 spiro atoms. The molecule has 5 aromatic heterocycles. The number of carbonyl (C=O) groups is 1. The van der Waals surface area contributed by atoms with Gasteiger partial charge in [0.15, 0.2) is 11.5 Å². The Kier molecular flexibility index (Phi) is 4.77. The number of fused-ring (bicyclic) bond motifs is 2. The van der Waals surface area contributed by atoms with E-state index >= 15 is 0 Å². The number of amides is 1. The molecule has 0 saturated carbocycles. The second-order valence-corrected chi connectivity index (χ2v) is 7.82. The lowest BCUT2D eigenvalue weighted by Gasteiger charge is -2.07. The van der Waals surface area contributed by atoms with Crippen LogP contribution in [0.25, 0.3) is 44.8 Å². The molecule has 6 rings (SSSR count). The van der Waals surface area contributed by atoms with Crippen molar-refractivity contribution in [2.75, 3.05) is 5.32 Å². The number of nitrogens with zero attached hydrogens (tertiary/aromatic N) is 5. The molecule has 0 aliphatic rings. The van der Waals surface area contributed by atoms with Crippen molar-refractivity contribution in [3.63, 3.8) is 0 Å². The third-order valence-corrected chi connectivity index (χ3v) is 5.44. The molecule has 164 valence electrons. The molecule has 6 aromatic rings. The lowest BCUT2D eigenvalue weighted by Crippen LogP contribution is -2.14. The monoisotopic (exact) mass is 446 g/mol. The van der Waals surface area contributed by atoms with Crippen LogP contribution in [0.15, 0.2) is 79.4 Å². The first kappa shape index (κ1) is 19.7. The Morgan fingerprint density at radius 3 is 2.71 bits per heavy atom. The molecule has 0 aliphatic heterocycles. The highest BCUT2D eigenvalue weighted by Crippen LogP contribution is 2.28. The molecule has 9 nitrogen and oxygen atoms in total. The van der Waals surface area contributed by atoms with Gasteiger partial charge in [0.05, 0.1) is 41.2 Å². The highest BCUT2D eigenvalue weighted by Gasteiger charge is 2.15. The summed E-state index contributed by atoms with van der Waals surface area (Å²) >= 11 is 0. The Morgan fingerprint density at radius 2 is 1.82 bits per heavy atom. The van der Waals surface area contributed by atoms with Gasteiger partial charge in [-0.3, -0.25) is 19.9 Å². The first-order valence-corrected chi connectivity index (χ1v) is 10.7. The molecule has 0 fully saturated rings. The molecule has 3 N–H and O–H groups in total. The average Bonchev–Trinajstić information content (AvgIpc) is 3.48. The van der Waals surface area contributed by atoms with Crippen LogP contribution in [-0.2, 0) is 11.2 Å². The van der Waals surface area contributed by atoms with E-state index in [1.165, 1.54) is 0 Å². The highest BCUT2D eigenvalue weighted by atomic mass is 16.1. The smallest absolute Gasteiger partial charge is 0.228 e. The van der Waals surface area contributed by atoms with E-state index in [4.69, 9.17) is 4.98 Å². The topological polar surface area (TPSA) is 125 Å². The number of H-pyrrole nitrogens is 2. The van der Waals surface area contributed by atoms with Crippen LogP contribution in [0.1, 0.15) is 5.56 Å². The Bertz CT molecular complexity index is 1600. The quantitative estimate of drug-likeness (QED) is 0.365. The van der Waals surface area contributed by atoms with Gasteiger partial charge in [-0.25, -0.2) is 9.97 Å². The fourth-order valence-corrected chi connectivity index (χ4v) is 3.83. The van der Waals surface area contributed by atoms with E-state index in [2.05, 4.69) is 35.5 Å². The molecular weight excluding hydrogens is 428 g/mol. The minimum Gasteiger partial charge on any atom is -0.336 e. The summed E-state index contributed by atoms with van der Waals surface area (Å²) in [5, 5.41) is 10.3. The highest BCUT2D eigenvalue weighted by molar-refractivity contribution is 5.93. The van der Waals surface area contributed by atoms with E-state index in [0.717, 1.165) is 27.7 Å². The maximum absolute atomic E-state index is 12.5. The second-order valence-electron chi connectivity index (χ2n) is 7.82. The Morgan fingerprint density at radius 1 is 0.912 bits per heavy atom. The van der Waals surface area contributed by atoms with E-state index in [1.807, 2.05) is 54.6 Å². The minimum atomic E-state index is -0.106. The first-order valence-electron chi connectivity index (χ1n) is 10.7. The average molecular weight is 446 g/mol. The van der Waals surface area contributed by atoms with Gasteiger partial charge in [0, 0.05) is 18.0 Å². The van der Waals surface area contributed by atoms with Gasteiger partial charge in [-0.1, -0.05) is 30.3 Å². The van der Waals surface area contributed by atoms with E-state index in [0.29, 0.717) is 34.8 Å². The van der Waals surface area contributed by atoms with Crippen molar-refractivity contribution in [3.05, 3.63) is 84.9 Å². The number of hydrogen-bond donors (Lipinski definition) is 3. The summed E-state index contributed by atoms with van der Waals surface area (Å²) in [5.74, 6) is 0.504. The molecule has 0 aliphatic carbocycles. The van der Waals surface area contributed by atoms with Crippen molar-refractivity contribution in [2.45, 2.75) is 6.42 Å². The number of nitrogens with one attached hydrogen (secondary N) is 3. The largest absolute Gasteiger partial charge is 0.336 e. The maximum atomic E-state index is 12.5. The summed E-state index contributed by atoms with van der Waals surface area (Å²) in [6.45, 7) is 0. The first-order chi connectivity index (χ1) is 16.7. The molecule has 0 unspecified atom stereocenters. The lowest BCUT2D eigenvalue weighted by atomic mass is 10.1. The molecule has 1 amide bonds. The van der Waals surface area contributed by atoms with Gasteiger partial charge in [-0.2, -0.15) is 5.10 Å². The van der Waals surface area contributed by atoms with Gasteiger partial charge in [0.1, 0.15) is 11.0 Å². The molecule has 0 saturated heterocycles. The number of carbonyl (C=O) groups excluding carboxylic acids is 1. The Labute approximate surface area is 193 Å². The molecule has 5 heterocycles. The molecule has 0 atom stereocenters. The van der Waals surface area contributed by atoms with Gasteiger partial charge in [-0.15, -0.1) is 0 Å². The lowest BCUT2D eigenvalue weighted by molar-refractivity contribution is -0.115. The van der Waals surface area contributed by atoms with Crippen molar-refractivity contribution in [3.8, 4) is 22.8 Å². The Hall–Kier alpha value is -4.92. The predicted molar refractivity (Wildman–Crippen MR) is 129 cm³/mol. The number of pyridine rings is 3. The fraction of sp³-hybridized carbons (Fsp3) is 0.0400. The number of anilines is 1. The minimum absolute atomic E-state index is 0.106. The molecule has 9 heteroatoms. The number of rotatable bonds is 5. The van der Waals surface area contributed by atoms with E-state index in [1.54, 1.807) is 24.8 Å². The van der Waals surface area contributed by atoms with Crippen LogP contribution in [0, 0.1) is 0 Å². The number of benzene rings is 1. The summed E-state index contributed by atoms with van der Waals surface area (Å²) < 4.78 is 0. The van der Waals surface area contributed by atoms with Crippen LogP contribution in [0.3, 0.4) is 0 Å². The van der Waals surface area contributed by atoms with Crippen LogP contribution in [0.5, 0.6) is 0 Å². The van der Waals surface area contributed by atoms with Gasteiger partial charge in [-0.05, 0) is 29.8 Å². The van der Waals surface area contributed by atoms with Gasteiger partial charge >= 0.3 is 0 Å². The summed E-state index contributed by atoms with van der Waals surface area (Å²) in [6.07, 6.45) is 7.04. The van der Waals surface area contributed by atoms with Crippen LogP contribution in [-0.4, -0.2) is 41.0 Å². The molecule has 1 aromatic carbocycles. The van der Waals surface area contributed by atoms with Crippen molar-refractivity contribution in [2.24, 2.45) is 0 Å². The number of aromatic amines is 2. The van der Waals surface area contributed by atoms with Gasteiger partial charge in [0.25, 0.3) is 0 Å². The molecule has 34 heavy (non-hydrogen) atoms. The molecule has 0 bridgehead atoms. The van der Waals surface area contributed by atoms with Gasteiger partial charge in [0.2, 0.25) is 5.91 Å². The van der Waals surface area contributed by atoms with Crippen molar-refractivity contribution in [1.29, 1.82) is 0 Å². The normalized spacial score (nSPS) is 11.2.